The summed E-state index contributed by atoms with van der Waals surface area (Å²) in [5.41, 5.74) is 1.11. The zero-order valence-electron chi connectivity index (χ0n) is 11.5. The van der Waals surface area contributed by atoms with Gasteiger partial charge in [0.15, 0.2) is 0 Å². The van der Waals surface area contributed by atoms with E-state index < -0.39 is 0 Å². The van der Waals surface area contributed by atoms with E-state index >= 15 is 0 Å². The van der Waals surface area contributed by atoms with Crippen LogP contribution in [-0.4, -0.2) is 40.5 Å². The molecule has 4 nitrogen and oxygen atoms in total. The number of nitrogens with zero attached hydrogens (tertiary/aromatic N) is 3. The summed E-state index contributed by atoms with van der Waals surface area (Å²) in [5.74, 6) is 0.781. The van der Waals surface area contributed by atoms with Gasteiger partial charge in [0.05, 0.1) is 5.69 Å². The minimum absolute atomic E-state index is 0.557. The molecular formula is C14H24N4. The number of hydrogen-bond acceptors (Lipinski definition) is 4. The lowest BCUT2D eigenvalue weighted by Gasteiger charge is -2.32. The minimum Gasteiger partial charge on any atom is -0.316 e. The summed E-state index contributed by atoms with van der Waals surface area (Å²) in [7, 11) is 0. The van der Waals surface area contributed by atoms with E-state index in [9.17, 15) is 0 Å². The van der Waals surface area contributed by atoms with Gasteiger partial charge in [-0.3, -0.25) is 4.90 Å². The summed E-state index contributed by atoms with van der Waals surface area (Å²) in [6, 6.07) is 2.57. The van der Waals surface area contributed by atoms with Crippen LogP contribution >= 0.6 is 0 Å². The van der Waals surface area contributed by atoms with Gasteiger partial charge in [-0.1, -0.05) is 0 Å². The molecule has 0 spiro atoms. The molecule has 2 heterocycles. The Bertz CT molecular complexity index is 333. The monoisotopic (exact) mass is 248 g/mol. The third kappa shape index (κ3) is 4.03. The number of hydrogen-bond donors (Lipinski definition) is 1. The fourth-order valence-corrected chi connectivity index (χ4v) is 2.49. The van der Waals surface area contributed by atoms with Gasteiger partial charge in [-0.25, -0.2) is 9.97 Å². The Balaban J connectivity index is 1.91. The highest BCUT2D eigenvalue weighted by Crippen LogP contribution is 2.15. The lowest BCUT2D eigenvalue weighted by molar-refractivity contribution is 0.162. The fraction of sp³-hybridized carbons (Fsp3) is 0.714. The Morgan fingerprint density at radius 3 is 3.00 bits per heavy atom. The van der Waals surface area contributed by atoms with Crippen molar-refractivity contribution in [2.24, 2.45) is 5.92 Å². The van der Waals surface area contributed by atoms with Crippen LogP contribution < -0.4 is 5.32 Å². The van der Waals surface area contributed by atoms with Crippen molar-refractivity contribution in [1.29, 1.82) is 0 Å². The molecular weight excluding hydrogens is 224 g/mol. The molecule has 1 atom stereocenters. The van der Waals surface area contributed by atoms with E-state index in [1.807, 2.05) is 12.3 Å². The zero-order chi connectivity index (χ0) is 12.8. The van der Waals surface area contributed by atoms with Crippen LogP contribution in [0.3, 0.4) is 0 Å². The highest BCUT2D eigenvalue weighted by Gasteiger charge is 2.19. The van der Waals surface area contributed by atoms with Gasteiger partial charge in [-0.2, -0.15) is 0 Å². The second-order valence-corrected chi connectivity index (χ2v) is 5.44. The van der Waals surface area contributed by atoms with Crippen LogP contribution in [0.2, 0.25) is 0 Å². The van der Waals surface area contributed by atoms with Gasteiger partial charge in [0, 0.05) is 25.3 Å². The zero-order valence-corrected chi connectivity index (χ0v) is 11.5. The first kappa shape index (κ1) is 13.4. The van der Waals surface area contributed by atoms with Crippen LogP contribution in [0, 0.1) is 5.92 Å². The maximum Gasteiger partial charge on any atom is 0.115 e. The molecule has 1 fully saturated rings. The maximum absolute atomic E-state index is 4.33. The Kier molecular flexibility index (Phi) is 5.08. The number of nitrogens with one attached hydrogen (secondary N) is 1. The third-order valence-electron chi connectivity index (χ3n) is 3.63. The normalized spacial score (nSPS) is 20.6. The first-order chi connectivity index (χ1) is 8.75. The highest BCUT2D eigenvalue weighted by atomic mass is 15.2. The Morgan fingerprint density at radius 2 is 2.39 bits per heavy atom. The van der Waals surface area contributed by atoms with E-state index in [2.05, 4.69) is 34.0 Å². The molecule has 4 heteroatoms. The third-order valence-corrected chi connectivity index (χ3v) is 3.63. The van der Waals surface area contributed by atoms with Gasteiger partial charge in [0.2, 0.25) is 0 Å². The molecule has 1 aromatic rings. The molecule has 1 N–H and O–H groups in total. The van der Waals surface area contributed by atoms with Gasteiger partial charge < -0.3 is 5.32 Å². The summed E-state index contributed by atoms with van der Waals surface area (Å²) < 4.78 is 0. The van der Waals surface area contributed by atoms with Gasteiger partial charge in [-0.05, 0) is 51.8 Å². The molecule has 100 valence electrons. The summed E-state index contributed by atoms with van der Waals surface area (Å²) in [5, 5.41) is 3.49. The van der Waals surface area contributed by atoms with Gasteiger partial charge >= 0.3 is 0 Å². The van der Waals surface area contributed by atoms with E-state index in [0.29, 0.717) is 6.04 Å². The predicted octanol–water partition coefficient (Wildman–Crippen LogP) is 1.69. The first-order valence-corrected chi connectivity index (χ1v) is 6.95. The van der Waals surface area contributed by atoms with Gasteiger partial charge in [0.1, 0.15) is 6.33 Å². The van der Waals surface area contributed by atoms with Crippen LogP contribution in [0.5, 0.6) is 0 Å². The van der Waals surface area contributed by atoms with Crippen molar-refractivity contribution in [2.45, 2.75) is 39.3 Å². The SMILES string of the molecule is CC(C)N(Cc1ccncn1)CC1CCCNC1. The largest absolute Gasteiger partial charge is 0.316 e. The van der Waals surface area contributed by atoms with Crippen molar-refractivity contribution in [3.63, 3.8) is 0 Å². The summed E-state index contributed by atoms with van der Waals surface area (Å²) in [4.78, 5) is 10.8. The van der Waals surface area contributed by atoms with Crippen LogP contribution in [0.15, 0.2) is 18.6 Å². The van der Waals surface area contributed by atoms with Crippen molar-refractivity contribution in [1.82, 2.24) is 20.2 Å². The molecule has 18 heavy (non-hydrogen) atoms. The predicted molar refractivity (Wildman–Crippen MR) is 73.2 cm³/mol. The van der Waals surface area contributed by atoms with Crippen molar-refractivity contribution in [3.8, 4) is 0 Å². The average Bonchev–Trinajstić information content (AvgIpc) is 2.40. The van der Waals surface area contributed by atoms with Crippen molar-refractivity contribution in [2.75, 3.05) is 19.6 Å². The Morgan fingerprint density at radius 1 is 1.50 bits per heavy atom. The number of piperidine rings is 1. The molecule has 1 aliphatic heterocycles. The van der Waals surface area contributed by atoms with Gasteiger partial charge in [-0.15, -0.1) is 0 Å². The van der Waals surface area contributed by atoms with E-state index in [0.717, 1.165) is 31.2 Å². The molecule has 0 amide bonds. The topological polar surface area (TPSA) is 41.1 Å². The van der Waals surface area contributed by atoms with E-state index in [1.165, 1.54) is 19.4 Å². The van der Waals surface area contributed by atoms with Gasteiger partial charge in [0.25, 0.3) is 0 Å². The molecule has 0 bridgehead atoms. The second-order valence-electron chi connectivity index (χ2n) is 5.44. The number of rotatable bonds is 5. The molecule has 0 radical (unpaired) electrons. The molecule has 0 aliphatic carbocycles. The van der Waals surface area contributed by atoms with Crippen LogP contribution in [0.1, 0.15) is 32.4 Å². The summed E-state index contributed by atoms with van der Waals surface area (Å²) >= 11 is 0. The highest BCUT2D eigenvalue weighted by molar-refractivity contribution is 4.98. The molecule has 2 rings (SSSR count). The lowest BCUT2D eigenvalue weighted by atomic mass is 9.98. The van der Waals surface area contributed by atoms with Crippen LogP contribution in [-0.2, 0) is 6.54 Å². The van der Waals surface area contributed by atoms with Crippen LogP contribution in [0.4, 0.5) is 0 Å². The van der Waals surface area contributed by atoms with E-state index in [-0.39, 0.29) is 0 Å². The van der Waals surface area contributed by atoms with Crippen molar-refractivity contribution in [3.05, 3.63) is 24.3 Å². The second kappa shape index (κ2) is 6.81. The molecule has 0 aromatic carbocycles. The summed E-state index contributed by atoms with van der Waals surface area (Å²) in [6.45, 7) is 8.96. The standard InChI is InChI=1S/C14H24N4/c1-12(2)18(9-13-4-3-6-15-8-13)10-14-5-7-16-11-17-14/h5,7,11-13,15H,3-4,6,8-10H2,1-2H3. The molecule has 1 saturated heterocycles. The maximum atomic E-state index is 4.33. The molecule has 1 aromatic heterocycles. The lowest BCUT2D eigenvalue weighted by Crippen LogP contribution is -2.40. The van der Waals surface area contributed by atoms with Crippen LogP contribution in [0.25, 0.3) is 0 Å². The van der Waals surface area contributed by atoms with E-state index in [4.69, 9.17) is 0 Å². The molecule has 1 unspecified atom stereocenters. The minimum atomic E-state index is 0.557. The van der Waals surface area contributed by atoms with Crippen molar-refractivity contribution < 1.29 is 0 Å². The average molecular weight is 248 g/mol. The molecule has 1 aliphatic rings. The fourth-order valence-electron chi connectivity index (χ4n) is 2.49. The Labute approximate surface area is 110 Å². The molecule has 0 saturated carbocycles. The van der Waals surface area contributed by atoms with E-state index in [1.54, 1.807) is 6.33 Å². The smallest absolute Gasteiger partial charge is 0.115 e. The Hall–Kier alpha value is -1.00. The first-order valence-electron chi connectivity index (χ1n) is 6.95. The van der Waals surface area contributed by atoms with Crippen molar-refractivity contribution >= 4 is 0 Å². The summed E-state index contributed by atoms with van der Waals surface area (Å²) in [6.07, 6.45) is 6.11. The quantitative estimate of drug-likeness (QED) is 0.861. The number of aromatic nitrogens is 2.